The molecule has 0 spiro atoms. The van der Waals surface area contributed by atoms with Crippen molar-refractivity contribution in [3.05, 3.63) is 35.4 Å². The van der Waals surface area contributed by atoms with Crippen molar-refractivity contribution in [2.75, 3.05) is 20.3 Å². The number of nitrogens with one attached hydrogen (secondary N) is 1. The summed E-state index contributed by atoms with van der Waals surface area (Å²) in [4.78, 5) is 0. The van der Waals surface area contributed by atoms with E-state index in [1.807, 2.05) is 12.1 Å². The van der Waals surface area contributed by atoms with E-state index >= 15 is 0 Å². The molecule has 0 saturated heterocycles. The molecule has 2 atom stereocenters. The molecule has 0 radical (unpaired) electrons. The van der Waals surface area contributed by atoms with Gasteiger partial charge >= 0.3 is 0 Å². The summed E-state index contributed by atoms with van der Waals surface area (Å²) < 4.78 is 5.19. The first-order chi connectivity index (χ1) is 7.35. The summed E-state index contributed by atoms with van der Waals surface area (Å²) in [5.41, 5.74) is 2.61. The van der Waals surface area contributed by atoms with Crippen molar-refractivity contribution in [3.8, 4) is 0 Å². The molecule has 15 heavy (non-hydrogen) atoms. The normalized spacial score (nSPS) is 24.9. The van der Waals surface area contributed by atoms with E-state index in [2.05, 4.69) is 17.4 Å². The maximum atomic E-state index is 9.20. The van der Waals surface area contributed by atoms with E-state index in [9.17, 15) is 5.11 Å². The smallest absolute Gasteiger partial charge is 0.0657 e. The van der Waals surface area contributed by atoms with Crippen molar-refractivity contribution in [2.24, 2.45) is 0 Å². The summed E-state index contributed by atoms with van der Waals surface area (Å²) in [7, 11) is 1.70. The van der Waals surface area contributed by atoms with Crippen LogP contribution in [0.3, 0.4) is 0 Å². The Morgan fingerprint density at radius 1 is 1.47 bits per heavy atom. The topological polar surface area (TPSA) is 41.5 Å². The lowest BCUT2D eigenvalue weighted by molar-refractivity contribution is 0.142. The summed E-state index contributed by atoms with van der Waals surface area (Å²) in [6, 6.07) is 8.70. The highest BCUT2D eigenvalue weighted by molar-refractivity contribution is 5.33. The van der Waals surface area contributed by atoms with Crippen molar-refractivity contribution in [1.82, 2.24) is 5.32 Å². The first-order valence-corrected chi connectivity index (χ1v) is 5.28. The van der Waals surface area contributed by atoms with Crippen molar-refractivity contribution < 1.29 is 9.84 Å². The van der Waals surface area contributed by atoms with Crippen molar-refractivity contribution >= 4 is 0 Å². The van der Waals surface area contributed by atoms with Crippen LogP contribution in [0.1, 0.15) is 17.2 Å². The largest absolute Gasteiger partial charge is 0.395 e. The number of aliphatic hydroxyl groups excluding tert-OH is 1. The fourth-order valence-electron chi connectivity index (χ4n) is 2.18. The van der Waals surface area contributed by atoms with Gasteiger partial charge in [0.2, 0.25) is 0 Å². The van der Waals surface area contributed by atoms with Crippen LogP contribution in [0.5, 0.6) is 0 Å². The van der Waals surface area contributed by atoms with E-state index < -0.39 is 0 Å². The van der Waals surface area contributed by atoms with Crippen LogP contribution in [-0.2, 0) is 11.2 Å². The molecule has 3 heteroatoms. The SMILES string of the molecule is COC[C@H]1N[C@H](CO)Cc2ccccc21. The van der Waals surface area contributed by atoms with Crippen molar-refractivity contribution in [3.63, 3.8) is 0 Å². The van der Waals surface area contributed by atoms with Gasteiger partial charge in [-0.05, 0) is 17.5 Å². The molecule has 0 unspecified atom stereocenters. The molecule has 3 nitrogen and oxygen atoms in total. The van der Waals surface area contributed by atoms with Gasteiger partial charge in [-0.25, -0.2) is 0 Å². The number of fused-ring (bicyclic) bond motifs is 1. The molecule has 0 amide bonds. The zero-order valence-corrected chi connectivity index (χ0v) is 8.94. The molecule has 1 aliphatic heterocycles. The third-order valence-corrected chi connectivity index (χ3v) is 2.89. The number of hydrogen-bond donors (Lipinski definition) is 2. The zero-order valence-electron chi connectivity index (χ0n) is 8.94. The second-order valence-electron chi connectivity index (χ2n) is 3.96. The van der Waals surface area contributed by atoms with Crippen LogP contribution in [0.15, 0.2) is 24.3 Å². The lowest BCUT2D eigenvalue weighted by Crippen LogP contribution is -2.43. The van der Waals surface area contributed by atoms with Gasteiger partial charge in [-0.15, -0.1) is 0 Å². The van der Waals surface area contributed by atoms with Gasteiger partial charge in [0.25, 0.3) is 0 Å². The highest BCUT2D eigenvalue weighted by atomic mass is 16.5. The van der Waals surface area contributed by atoms with Gasteiger partial charge in [-0.3, -0.25) is 0 Å². The second-order valence-corrected chi connectivity index (χ2v) is 3.96. The van der Waals surface area contributed by atoms with Gasteiger partial charge in [0.05, 0.1) is 19.3 Å². The van der Waals surface area contributed by atoms with Gasteiger partial charge in [0, 0.05) is 13.2 Å². The van der Waals surface area contributed by atoms with Gasteiger partial charge in [0.1, 0.15) is 0 Å². The first-order valence-electron chi connectivity index (χ1n) is 5.28. The fraction of sp³-hybridized carbons (Fsp3) is 0.500. The van der Waals surface area contributed by atoms with E-state index in [1.54, 1.807) is 7.11 Å². The Hall–Kier alpha value is -0.900. The molecule has 0 aromatic heterocycles. The molecule has 82 valence electrons. The molecule has 1 aliphatic rings. The van der Waals surface area contributed by atoms with E-state index in [4.69, 9.17) is 4.74 Å². The third kappa shape index (κ3) is 2.20. The van der Waals surface area contributed by atoms with Crippen LogP contribution in [0, 0.1) is 0 Å². The molecule has 1 aromatic rings. The lowest BCUT2D eigenvalue weighted by atomic mass is 9.91. The molecule has 2 rings (SSSR count). The summed E-state index contributed by atoms with van der Waals surface area (Å²) in [5.74, 6) is 0. The van der Waals surface area contributed by atoms with E-state index in [0.29, 0.717) is 6.61 Å². The quantitative estimate of drug-likeness (QED) is 0.773. The molecule has 0 fully saturated rings. The third-order valence-electron chi connectivity index (χ3n) is 2.89. The second kappa shape index (κ2) is 4.75. The molecular weight excluding hydrogens is 190 g/mol. The molecular formula is C12H17NO2. The van der Waals surface area contributed by atoms with Gasteiger partial charge in [-0.2, -0.15) is 0 Å². The molecule has 0 saturated carbocycles. The Balaban J connectivity index is 2.25. The number of methoxy groups -OCH3 is 1. The molecule has 0 bridgehead atoms. The average molecular weight is 207 g/mol. The predicted molar refractivity (Wildman–Crippen MR) is 58.8 cm³/mol. The summed E-state index contributed by atoms with van der Waals surface area (Å²) in [5, 5.41) is 12.6. The van der Waals surface area contributed by atoms with Crippen molar-refractivity contribution in [1.29, 1.82) is 0 Å². The van der Waals surface area contributed by atoms with E-state index in [1.165, 1.54) is 11.1 Å². The number of rotatable bonds is 3. The molecule has 0 aliphatic carbocycles. The zero-order chi connectivity index (χ0) is 10.7. The minimum absolute atomic E-state index is 0.153. The standard InChI is InChI=1S/C12H17NO2/c1-15-8-12-11-5-3-2-4-9(11)6-10(7-14)13-12/h2-5,10,12-14H,6-8H2,1H3/t10-,12+/m0/s1. The highest BCUT2D eigenvalue weighted by Gasteiger charge is 2.24. The van der Waals surface area contributed by atoms with Crippen LogP contribution in [0.4, 0.5) is 0 Å². The number of benzene rings is 1. The molecule has 1 heterocycles. The van der Waals surface area contributed by atoms with E-state index in [-0.39, 0.29) is 18.7 Å². The fourth-order valence-corrected chi connectivity index (χ4v) is 2.18. The monoisotopic (exact) mass is 207 g/mol. The maximum absolute atomic E-state index is 9.20. The Morgan fingerprint density at radius 3 is 3.00 bits per heavy atom. The Bertz CT molecular complexity index is 327. The van der Waals surface area contributed by atoms with Crippen LogP contribution in [0.25, 0.3) is 0 Å². The van der Waals surface area contributed by atoms with Crippen LogP contribution >= 0.6 is 0 Å². The Kier molecular flexibility index (Phi) is 3.36. The number of aliphatic hydroxyl groups is 1. The van der Waals surface area contributed by atoms with Gasteiger partial charge in [-0.1, -0.05) is 24.3 Å². The van der Waals surface area contributed by atoms with Crippen LogP contribution < -0.4 is 5.32 Å². The lowest BCUT2D eigenvalue weighted by Gasteiger charge is -2.31. The van der Waals surface area contributed by atoms with Crippen LogP contribution in [0.2, 0.25) is 0 Å². The Morgan fingerprint density at radius 2 is 2.27 bits per heavy atom. The van der Waals surface area contributed by atoms with Gasteiger partial charge in [0.15, 0.2) is 0 Å². The van der Waals surface area contributed by atoms with E-state index in [0.717, 1.165) is 6.42 Å². The maximum Gasteiger partial charge on any atom is 0.0657 e. The number of hydrogen-bond acceptors (Lipinski definition) is 3. The first kappa shape index (κ1) is 10.6. The highest BCUT2D eigenvalue weighted by Crippen LogP contribution is 2.25. The summed E-state index contributed by atoms with van der Waals surface area (Å²) >= 11 is 0. The number of ether oxygens (including phenoxy) is 1. The average Bonchev–Trinajstić information content (AvgIpc) is 2.29. The minimum Gasteiger partial charge on any atom is -0.395 e. The molecule has 2 N–H and O–H groups in total. The Labute approximate surface area is 90.1 Å². The van der Waals surface area contributed by atoms with Crippen molar-refractivity contribution in [2.45, 2.75) is 18.5 Å². The van der Waals surface area contributed by atoms with Gasteiger partial charge < -0.3 is 15.2 Å². The predicted octanol–water partition coefficient (Wildman–Crippen LogP) is 0.881. The minimum atomic E-state index is 0.153. The van der Waals surface area contributed by atoms with Crippen LogP contribution in [-0.4, -0.2) is 31.5 Å². The summed E-state index contributed by atoms with van der Waals surface area (Å²) in [6.07, 6.45) is 0.896. The summed E-state index contributed by atoms with van der Waals surface area (Å²) in [6.45, 7) is 0.821. The molecule has 1 aromatic carbocycles.